The summed E-state index contributed by atoms with van der Waals surface area (Å²) in [4.78, 5) is 4.92. The van der Waals surface area contributed by atoms with Crippen molar-refractivity contribution in [2.24, 2.45) is 0 Å². The van der Waals surface area contributed by atoms with Gasteiger partial charge in [0.25, 0.3) is 0 Å². The second-order valence-corrected chi connectivity index (χ2v) is 35.2. The smallest absolute Gasteiger partial charge is 0.135 e. The second-order valence-electron chi connectivity index (χ2n) is 35.2. The molecule has 0 amide bonds. The van der Waals surface area contributed by atoms with Gasteiger partial charge in [-0.1, -0.05) is 419 Å². The third kappa shape index (κ3) is 13.3. The molecule has 26 rings (SSSR count). The molecular weight excluding hydrogens is 1620 g/mol. The highest BCUT2D eigenvalue weighted by Crippen LogP contribution is 2.62. The summed E-state index contributed by atoms with van der Waals surface area (Å²) in [5.74, 6) is 0. The highest BCUT2D eigenvalue weighted by atomic mass is 16.3. The fraction of sp³-hybridized carbons (Fsp3) is 0.0154. The maximum Gasteiger partial charge on any atom is 0.135 e. The van der Waals surface area contributed by atoms with Gasteiger partial charge in [-0.25, -0.2) is 0 Å². The van der Waals surface area contributed by atoms with Gasteiger partial charge in [0.2, 0.25) is 0 Å². The average Bonchev–Trinajstić information content (AvgIpc) is 1.53. The molecule has 0 unspecified atom stereocenters. The first-order chi connectivity index (χ1) is 66.4. The van der Waals surface area contributed by atoms with Gasteiger partial charge in [0.1, 0.15) is 22.3 Å². The third-order valence-electron chi connectivity index (χ3n) is 27.9. The number of fused-ring (bicyclic) bond motifs is 14. The largest absolute Gasteiger partial charge is 0.456 e. The van der Waals surface area contributed by atoms with Gasteiger partial charge in [-0.2, -0.15) is 0 Å². The normalized spacial score (nSPS) is 12.6. The van der Waals surface area contributed by atoms with Crippen molar-refractivity contribution in [3.63, 3.8) is 0 Å². The molecule has 4 heteroatoms. The Morgan fingerprint density at radius 2 is 0.463 bits per heavy atom. The zero-order valence-corrected chi connectivity index (χ0v) is 73.4. The minimum Gasteiger partial charge on any atom is -0.456 e. The Kier molecular flexibility index (Phi) is 19.4. The van der Waals surface area contributed by atoms with Crippen molar-refractivity contribution in [2.45, 2.75) is 10.8 Å². The third-order valence-corrected chi connectivity index (χ3v) is 27.9. The van der Waals surface area contributed by atoms with Crippen molar-refractivity contribution >= 4 is 99.5 Å². The molecule has 0 saturated carbocycles. The van der Waals surface area contributed by atoms with Crippen LogP contribution in [0.2, 0.25) is 0 Å². The van der Waals surface area contributed by atoms with E-state index in [2.05, 4.69) is 507 Å². The van der Waals surface area contributed by atoms with Gasteiger partial charge in [0.15, 0.2) is 0 Å². The molecule has 0 saturated heterocycles. The highest BCUT2D eigenvalue weighted by molar-refractivity contribution is 6.09. The molecule has 0 spiro atoms. The van der Waals surface area contributed by atoms with E-state index < -0.39 is 10.8 Å². The zero-order chi connectivity index (χ0) is 88.6. The Morgan fingerprint density at radius 3 is 0.925 bits per heavy atom. The van der Waals surface area contributed by atoms with Gasteiger partial charge in [0, 0.05) is 55.4 Å². The van der Waals surface area contributed by atoms with Crippen LogP contribution in [-0.4, -0.2) is 0 Å². The summed E-state index contributed by atoms with van der Waals surface area (Å²) in [5.41, 5.74) is 38.2. The molecule has 0 bridgehead atoms. The number of hydrogen-bond acceptors (Lipinski definition) is 4. The Morgan fingerprint density at radius 1 is 0.157 bits per heavy atom. The standard InChI is InChI=1S/2C65H43NO/c1-3-19-50(20-4-1)65(51-21-5-2-6-22-51)59-28-11-9-26-57(59)64-60(65)29-15-30-61(64)66(53-23-13-18-48(42-53)49-38-41-63-58(43-49)56-25-10-12-31-62(56)67-63)52-39-36-45(37-40-52)44-32-34-47(35-33-44)55-27-14-17-46-16-7-8-24-54(46)55;1-3-18-52(19-4-1)65(53-20-5-2-6-21-53)59-25-11-9-24-57(59)64-60(65)26-14-27-61(64)66(55-22-13-17-49(42-55)51-37-40-63-58(43-51)56-23-10-12-28-62(56)67-63)54-38-35-46(36-39-54)45-29-31-47(32-30-45)50-34-33-44-15-7-8-16-48(44)41-50/h2*1-43H. The minimum absolute atomic E-state index is 0.524. The summed E-state index contributed by atoms with van der Waals surface area (Å²) in [7, 11) is 0. The summed E-state index contributed by atoms with van der Waals surface area (Å²) in [6.07, 6.45) is 0. The van der Waals surface area contributed by atoms with Crippen molar-refractivity contribution in [1.82, 2.24) is 0 Å². The molecule has 0 radical (unpaired) electrons. The van der Waals surface area contributed by atoms with E-state index in [1.54, 1.807) is 0 Å². The average molecular weight is 1710 g/mol. The molecule has 2 aliphatic carbocycles. The van der Waals surface area contributed by atoms with E-state index in [1.165, 1.54) is 133 Å². The monoisotopic (exact) mass is 1710 g/mol. The Labute approximate surface area is 778 Å². The quantitative estimate of drug-likeness (QED) is 0.0965. The summed E-state index contributed by atoms with van der Waals surface area (Å²) < 4.78 is 12.5. The molecule has 628 valence electrons. The molecular formula is C130H86N2O2. The molecule has 0 aliphatic heterocycles. The van der Waals surface area contributed by atoms with Gasteiger partial charge in [-0.3, -0.25) is 0 Å². The molecule has 0 fully saturated rings. The number of nitrogens with zero attached hydrogens (tertiary/aromatic N) is 2. The predicted octanol–water partition coefficient (Wildman–Crippen LogP) is 35.1. The van der Waals surface area contributed by atoms with Crippen LogP contribution in [0, 0.1) is 0 Å². The summed E-state index contributed by atoms with van der Waals surface area (Å²) >= 11 is 0. The molecule has 2 heterocycles. The first-order valence-corrected chi connectivity index (χ1v) is 46.1. The lowest BCUT2D eigenvalue weighted by molar-refractivity contribution is 0.668. The summed E-state index contributed by atoms with van der Waals surface area (Å²) in [6.45, 7) is 0. The van der Waals surface area contributed by atoms with E-state index in [-0.39, 0.29) is 0 Å². The van der Waals surface area contributed by atoms with Crippen LogP contribution < -0.4 is 9.80 Å². The molecule has 0 atom stereocenters. The fourth-order valence-corrected chi connectivity index (χ4v) is 21.8. The van der Waals surface area contributed by atoms with Crippen LogP contribution in [0.1, 0.15) is 44.5 Å². The lowest BCUT2D eigenvalue weighted by Crippen LogP contribution is -2.28. The minimum atomic E-state index is -0.525. The van der Waals surface area contributed by atoms with E-state index in [0.717, 1.165) is 100 Å². The van der Waals surface area contributed by atoms with E-state index in [9.17, 15) is 0 Å². The van der Waals surface area contributed by atoms with Crippen LogP contribution in [0.25, 0.3) is 154 Å². The molecule has 22 aromatic carbocycles. The Hall–Kier alpha value is -17.4. The number of anilines is 6. The van der Waals surface area contributed by atoms with Crippen molar-refractivity contribution in [2.75, 3.05) is 9.80 Å². The Bertz CT molecular complexity index is 8500. The lowest BCUT2D eigenvalue weighted by Gasteiger charge is -2.34. The van der Waals surface area contributed by atoms with Crippen LogP contribution in [0.15, 0.2) is 531 Å². The van der Waals surface area contributed by atoms with E-state index in [0.29, 0.717) is 0 Å². The molecule has 134 heavy (non-hydrogen) atoms. The highest BCUT2D eigenvalue weighted by Gasteiger charge is 2.49. The topological polar surface area (TPSA) is 32.8 Å². The fourth-order valence-electron chi connectivity index (χ4n) is 21.8. The molecule has 2 aliphatic rings. The SMILES string of the molecule is c1ccc(C2(c3ccccc3)c3ccccc3-c3c(N(c4ccc(-c5ccc(-c6ccc7ccccc7c6)cc5)cc4)c4cccc(-c5ccc6oc7ccccc7c6c5)c4)cccc32)cc1.c1ccc(C2(c3ccccc3)c3ccccc3-c3c(N(c4ccc(-c5ccc(-c6cccc7ccccc67)cc5)cc4)c4cccc(-c5ccc6oc7ccccc7c6c5)c4)cccc32)cc1. The van der Waals surface area contributed by atoms with Gasteiger partial charge in [-0.05, 0) is 247 Å². The van der Waals surface area contributed by atoms with E-state index >= 15 is 0 Å². The Balaban J connectivity index is 0.000000143. The molecule has 2 aromatic heterocycles. The maximum absolute atomic E-state index is 6.25. The first-order valence-electron chi connectivity index (χ1n) is 46.1. The van der Waals surface area contributed by atoms with Crippen LogP contribution in [0.3, 0.4) is 0 Å². The predicted molar refractivity (Wildman–Crippen MR) is 559 cm³/mol. The zero-order valence-electron chi connectivity index (χ0n) is 73.4. The van der Waals surface area contributed by atoms with E-state index in [1.807, 2.05) is 24.3 Å². The first kappa shape index (κ1) is 78.8. The lowest BCUT2D eigenvalue weighted by atomic mass is 9.68. The number of benzene rings is 22. The van der Waals surface area contributed by atoms with Crippen molar-refractivity contribution < 1.29 is 8.83 Å². The summed E-state index contributed by atoms with van der Waals surface area (Å²) in [6, 6.07) is 190. The van der Waals surface area contributed by atoms with Crippen LogP contribution in [0.4, 0.5) is 34.1 Å². The van der Waals surface area contributed by atoms with Crippen LogP contribution >= 0.6 is 0 Å². The number of para-hydroxylation sites is 2. The van der Waals surface area contributed by atoms with Crippen LogP contribution in [-0.2, 0) is 10.8 Å². The van der Waals surface area contributed by atoms with Crippen LogP contribution in [0.5, 0.6) is 0 Å². The summed E-state index contributed by atoms with van der Waals surface area (Å²) in [5, 5.41) is 9.50. The number of rotatable bonds is 16. The van der Waals surface area contributed by atoms with Crippen molar-refractivity contribution in [3.05, 3.63) is 566 Å². The van der Waals surface area contributed by atoms with E-state index in [4.69, 9.17) is 8.83 Å². The van der Waals surface area contributed by atoms with Gasteiger partial charge >= 0.3 is 0 Å². The second kappa shape index (κ2) is 32.9. The molecule has 4 nitrogen and oxygen atoms in total. The van der Waals surface area contributed by atoms with Gasteiger partial charge < -0.3 is 18.6 Å². The number of furan rings is 2. The van der Waals surface area contributed by atoms with Crippen molar-refractivity contribution in [1.29, 1.82) is 0 Å². The van der Waals surface area contributed by atoms with Gasteiger partial charge in [-0.15, -0.1) is 0 Å². The maximum atomic E-state index is 6.25. The molecule has 24 aromatic rings. The van der Waals surface area contributed by atoms with Crippen molar-refractivity contribution in [3.8, 4) is 89.0 Å². The number of hydrogen-bond donors (Lipinski definition) is 0. The van der Waals surface area contributed by atoms with Gasteiger partial charge in [0.05, 0.1) is 22.2 Å². The molecule has 0 N–H and O–H groups in total.